The van der Waals surface area contributed by atoms with Gasteiger partial charge in [0.25, 0.3) is 0 Å². The molecule has 0 bridgehead atoms. The Morgan fingerprint density at radius 2 is 2.24 bits per heavy atom. The lowest BCUT2D eigenvalue weighted by Gasteiger charge is -2.51. The van der Waals surface area contributed by atoms with Gasteiger partial charge in [-0.05, 0) is 31.9 Å². The number of rotatable bonds is 4. The number of hydrogen-bond donors (Lipinski definition) is 2. The molecule has 114 valence electrons. The van der Waals surface area contributed by atoms with Gasteiger partial charge in [-0.2, -0.15) is 5.10 Å². The Labute approximate surface area is 134 Å². The molecular formula is C16H22BrN3O. The van der Waals surface area contributed by atoms with Gasteiger partial charge in [0.1, 0.15) is 6.34 Å². The van der Waals surface area contributed by atoms with Crippen LogP contribution in [0.25, 0.3) is 0 Å². The highest BCUT2D eigenvalue weighted by molar-refractivity contribution is 9.10. The summed E-state index contributed by atoms with van der Waals surface area (Å²) in [5.41, 5.74) is 4.09. The summed E-state index contributed by atoms with van der Waals surface area (Å²) in [6.07, 6.45) is 5.74. The first-order valence-electron chi connectivity index (χ1n) is 7.46. The van der Waals surface area contributed by atoms with E-state index >= 15 is 0 Å². The number of aliphatic hydroxyl groups excluding tert-OH is 1. The molecule has 0 saturated heterocycles. The quantitative estimate of drug-likeness (QED) is 0.876. The lowest BCUT2D eigenvalue weighted by Crippen LogP contribution is -2.55. The van der Waals surface area contributed by atoms with E-state index in [2.05, 4.69) is 43.5 Å². The van der Waals surface area contributed by atoms with Crippen molar-refractivity contribution in [3.63, 3.8) is 0 Å². The number of nitrogens with one attached hydrogen (secondary N) is 1. The van der Waals surface area contributed by atoms with Crippen molar-refractivity contribution in [2.24, 2.45) is 10.5 Å². The molecule has 1 aromatic carbocycles. The maximum Gasteiger partial charge on any atom is 0.153 e. The van der Waals surface area contributed by atoms with Gasteiger partial charge in [0, 0.05) is 28.9 Å². The van der Waals surface area contributed by atoms with Crippen molar-refractivity contribution in [2.75, 3.05) is 7.05 Å². The Hall–Kier alpha value is -1.07. The molecule has 0 spiro atoms. The maximum absolute atomic E-state index is 10.3. The highest BCUT2D eigenvalue weighted by atomic mass is 79.9. The molecule has 2 N–H and O–H groups in total. The molecule has 1 aliphatic carbocycles. The molecule has 0 amide bonds. The van der Waals surface area contributed by atoms with Crippen LogP contribution in [0.3, 0.4) is 0 Å². The van der Waals surface area contributed by atoms with Gasteiger partial charge in [-0.25, -0.2) is 0 Å². The number of hydrogen-bond acceptors (Lipinski definition) is 4. The van der Waals surface area contributed by atoms with E-state index in [1.807, 2.05) is 32.4 Å². The molecule has 0 aromatic heterocycles. The van der Waals surface area contributed by atoms with Gasteiger partial charge in [-0.3, -0.25) is 5.43 Å². The van der Waals surface area contributed by atoms with Crippen LogP contribution in [0.5, 0.6) is 0 Å². The fourth-order valence-corrected chi connectivity index (χ4v) is 3.96. The standard InChI is InChI=1S/C16H22BrN3O/c1-12(21)15(7-4-8-15)10-16(19-18-11-20(16)2)13-5-3-6-14(17)9-13/h3,5-6,9,11-12,19,21H,4,7-8,10H2,1-2H3. The molecule has 0 radical (unpaired) electrons. The summed E-state index contributed by atoms with van der Waals surface area (Å²) in [7, 11) is 2.04. The minimum absolute atomic E-state index is 0.0166. The molecule has 1 fully saturated rings. The van der Waals surface area contributed by atoms with Crippen molar-refractivity contribution in [1.82, 2.24) is 10.3 Å². The normalized spacial score (nSPS) is 28.1. The number of aliphatic hydroxyl groups is 1. The number of benzene rings is 1. The summed E-state index contributed by atoms with van der Waals surface area (Å²) in [4.78, 5) is 2.12. The minimum Gasteiger partial charge on any atom is -0.393 e. The van der Waals surface area contributed by atoms with Crippen molar-refractivity contribution in [1.29, 1.82) is 0 Å². The van der Waals surface area contributed by atoms with Crippen LogP contribution in [0.15, 0.2) is 33.8 Å². The summed E-state index contributed by atoms with van der Waals surface area (Å²) in [5.74, 6) is 0. The molecule has 1 aromatic rings. The van der Waals surface area contributed by atoms with Gasteiger partial charge in [0.2, 0.25) is 0 Å². The van der Waals surface area contributed by atoms with Crippen LogP contribution in [-0.2, 0) is 5.66 Å². The molecule has 3 rings (SSSR count). The van der Waals surface area contributed by atoms with E-state index in [-0.39, 0.29) is 17.2 Å². The lowest BCUT2D eigenvalue weighted by atomic mass is 9.60. The lowest BCUT2D eigenvalue weighted by molar-refractivity contribution is -0.0661. The monoisotopic (exact) mass is 351 g/mol. The van der Waals surface area contributed by atoms with E-state index in [0.29, 0.717) is 0 Å². The van der Waals surface area contributed by atoms with Crippen molar-refractivity contribution in [3.8, 4) is 0 Å². The van der Waals surface area contributed by atoms with Crippen molar-refractivity contribution < 1.29 is 5.11 Å². The molecule has 1 heterocycles. The van der Waals surface area contributed by atoms with Crippen molar-refractivity contribution in [2.45, 2.75) is 44.4 Å². The summed E-state index contributed by atoms with van der Waals surface area (Å²) in [5, 5.41) is 14.6. The van der Waals surface area contributed by atoms with E-state index in [0.717, 1.165) is 23.7 Å². The van der Waals surface area contributed by atoms with Gasteiger partial charge in [0.05, 0.1) is 6.10 Å². The molecule has 2 unspecified atom stereocenters. The first-order valence-corrected chi connectivity index (χ1v) is 8.25. The molecule has 1 aliphatic heterocycles. The summed E-state index contributed by atoms with van der Waals surface area (Å²) in [6.45, 7) is 1.92. The third-order valence-corrected chi connectivity index (χ3v) is 5.72. The van der Waals surface area contributed by atoms with Gasteiger partial charge < -0.3 is 10.0 Å². The van der Waals surface area contributed by atoms with Crippen LogP contribution >= 0.6 is 15.9 Å². The first kappa shape index (κ1) is 14.9. The van der Waals surface area contributed by atoms with Gasteiger partial charge in [-0.15, -0.1) is 0 Å². The summed E-state index contributed by atoms with van der Waals surface area (Å²) < 4.78 is 1.06. The maximum atomic E-state index is 10.3. The van der Waals surface area contributed by atoms with E-state index in [9.17, 15) is 5.11 Å². The smallest absolute Gasteiger partial charge is 0.153 e. The Kier molecular flexibility index (Phi) is 3.74. The highest BCUT2D eigenvalue weighted by Crippen LogP contribution is 2.52. The van der Waals surface area contributed by atoms with E-state index < -0.39 is 0 Å². The third-order valence-electron chi connectivity index (χ3n) is 5.23. The third kappa shape index (κ3) is 2.36. The zero-order valence-corrected chi connectivity index (χ0v) is 14.1. The fraction of sp³-hybridized carbons (Fsp3) is 0.562. The van der Waals surface area contributed by atoms with Gasteiger partial charge >= 0.3 is 0 Å². The van der Waals surface area contributed by atoms with Crippen LogP contribution in [0, 0.1) is 5.41 Å². The Morgan fingerprint density at radius 1 is 1.48 bits per heavy atom. The number of nitrogens with zero attached hydrogens (tertiary/aromatic N) is 2. The van der Waals surface area contributed by atoms with Crippen LogP contribution in [0.4, 0.5) is 0 Å². The Balaban J connectivity index is 1.99. The summed E-state index contributed by atoms with van der Waals surface area (Å²) >= 11 is 3.56. The second-order valence-corrected chi connectivity index (χ2v) is 7.32. The molecule has 1 saturated carbocycles. The Morgan fingerprint density at radius 3 is 2.71 bits per heavy atom. The predicted molar refractivity (Wildman–Crippen MR) is 87.8 cm³/mol. The van der Waals surface area contributed by atoms with Gasteiger partial charge in [0.15, 0.2) is 5.66 Å². The highest BCUT2D eigenvalue weighted by Gasteiger charge is 2.51. The predicted octanol–water partition coefficient (Wildman–Crippen LogP) is 3.02. The van der Waals surface area contributed by atoms with Crippen LogP contribution in [-0.4, -0.2) is 29.5 Å². The second-order valence-electron chi connectivity index (χ2n) is 6.41. The van der Waals surface area contributed by atoms with Crippen LogP contribution in [0.1, 0.15) is 38.2 Å². The van der Waals surface area contributed by atoms with Crippen LogP contribution < -0.4 is 5.43 Å². The minimum atomic E-state index is -0.374. The zero-order valence-electron chi connectivity index (χ0n) is 12.5. The number of hydrazone groups is 1. The average molecular weight is 352 g/mol. The Bertz CT molecular complexity index is 556. The van der Waals surface area contributed by atoms with E-state index in [4.69, 9.17) is 0 Å². The van der Waals surface area contributed by atoms with E-state index in [1.54, 1.807) is 0 Å². The topological polar surface area (TPSA) is 47.9 Å². The molecule has 4 nitrogen and oxygen atoms in total. The fourth-order valence-electron chi connectivity index (χ4n) is 3.56. The van der Waals surface area contributed by atoms with Crippen LogP contribution in [0.2, 0.25) is 0 Å². The number of halogens is 1. The SMILES string of the molecule is CC(O)C1(CC2(c3cccc(Br)c3)NN=CN2C)CCC1. The molecule has 5 heteroatoms. The largest absolute Gasteiger partial charge is 0.393 e. The van der Waals surface area contributed by atoms with E-state index in [1.165, 1.54) is 12.0 Å². The molecule has 2 atom stereocenters. The molecular weight excluding hydrogens is 330 g/mol. The molecule has 21 heavy (non-hydrogen) atoms. The van der Waals surface area contributed by atoms with Gasteiger partial charge in [-0.1, -0.05) is 34.5 Å². The zero-order chi connectivity index (χ0) is 15.1. The van der Waals surface area contributed by atoms with Crippen molar-refractivity contribution >= 4 is 22.3 Å². The summed E-state index contributed by atoms with van der Waals surface area (Å²) in [6, 6.07) is 8.33. The molecule has 2 aliphatic rings. The van der Waals surface area contributed by atoms with Crippen molar-refractivity contribution in [3.05, 3.63) is 34.3 Å². The first-order chi connectivity index (χ1) is 9.98. The second kappa shape index (κ2) is 5.29. The average Bonchev–Trinajstić information content (AvgIpc) is 2.76.